The van der Waals surface area contributed by atoms with Gasteiger partial charge in [-0.1, -0.05) is 25.1 Å². The minimum Gasteiger partial charge on any atom is -0.325 e. The second kappa shape index (κ2) is 9.67. The van der Waals surface area contributed by atoms with Crippen LogP contribution in [-0.2, 0) is 21.4 Å². The monoisotopic (exact) mass is 558 g/mol. The van der Waals surface area contributed by atoms with Crippen molar-refractivity contribution in [1.29, 1.82) is 0 Å². The number of aromatic nitrogens is 2. The summed E-state index contributed by atoms with van der Waals surface area (Å²) < 4.78 is 26.5. The molecule has 0 aliphatic carbocycles. The first-order valence-corrected chi connectivity index (χ1v) is 13.0. The Morgan fingerprint density at radius 2 is 2.03 bits per heavy atom. The first-order chi connectivity index (χ1) is 14.2. The molecule has 0 saturated heterocycles. The Morgan fingerprint density at radius 3 is 2.70 bits per heavy atom. The number of anilines is 1. The number of carbonyl (C=O) groups is 1. The van der Waals surface area contributed by atoms with Crippen molar-refractivity contribution in [3.63, 3.8) is 0 Å². The van der Waals surface area contributed by atoms with Crippen molar-refractivity contribution in [3.8, 4) is 0 Å². The predicted octanol–water partition coefficient (Wildman–Crippen LogP) is 4.13. The second-order valence-electron chi connectivity index (χ2n) is 6.89. The lowest BCUT2D eigenvalue weighted by Gasteiger charge is -2.10. The number of halogens is 1. The van der Waals surface area contributed by atoms with Crippen molar-refractivity contribution >= 4 is 67.0 Å². The van der Waals surface area contributed by atoms with E-state index in [-0.39, 0.29) is 16.6 Å². The van der Waals surface area contributed by atoms with E-state index in [9.17, 15) is 13.2 Å². The van der Waals surface area contributed by atoms with Crippen molar-refractivity contribution in [1.82, 2.24) is 9.55 Å². The van der Waals surface area contributed by atoms with Crippen molar-refractivity contribution in [2.45, 2.75) is 43.3 Å². The third-order valence-corrected chi connectivity index (χ3v) is 7.10. The SMILES string of the molecule is CCCCn1c(SCC(=O)Nc2ccc(I)cc2C)nc2cc(S(N)(=O)=O)ccc21. The fourth-order valence-corrected chi connectivity index (χ4v) is 5.01. The summed E-state index contributed by atoms with van der Waals surface area (Å²) in [5.41, 5.74) is 3.17. The minimum atomic E-state index is -3.80. The first-order valence-electron chi connectivity index (χ1n) is 9.41. The molecule has 160 valence electrons. The van der Waals surface area contributed by atoms with E-state index in [1.807, 2.05) is 29.7 Å². The van der Waals surface area contributed by atoms with Crippen LogP contribution in [0.15, 0.2) is 46.5 Å². The van der Waals surface area contributed by atoms with Gasteiger partial charge in [-0.25, -0.2) is 18.5 Å². The topological polar surface area (TPSA) is 107 Å². The number of hydrogen-bond donors (Lipinski definition) is 2. The summed E-state index contributed by atoms with van der Waals surface area (Å²) in [6, 6.07) is 10.5. The number of unbranched alkanes of at least 4 members (excludes halogenated alkanes) is 1. The van der Waals surface area contributed by atoms with E-state index < -0.39 is 10.0 Å². The molecule has 10 heteroatoms. The van der Waals surface area contributed by atoms with Crippen LogP contribution in [0, 0.1) is 10.5 Å². The maximum absolute atomic E-state index is 12.5. The molecule has 0 atom stereocenters. The van der Waals surface area contributed by atoms with E-state index in [2.05, 4.69) is 39.8 Å². The smallest absolute Gasteiger partial charge is 0.238 e. The lowest BCUT2D eigenvalue weighted by atomic mass is 10.2. The van der Waals surface area contributed by atoms with Crippen LogP contribution in [-0.4, -0.2) is 29.6 Å². The number of imidazole rings is 1. The number of nitrogens with two attached hydrogens (primary N) is 1. The quantitative estimate of drug-likeness (QED) is 0.320. The molecular weight excluding hydrogens is 535 g/mol. The molecule has 3 N–H and O–H groups in total. The maximum atomic E-state index is 12.5. The lowest BCUT2D eigenvalue weighted by molar-refractivity contribution is -0.113. The number of amides is 1. The predicted molar refractivity (Wildman–Crippen MR) is 129 cm³/mol. The number of primary sulfonamides is 1. The average Bonchev–Trinajstić information content (AvgIpc) is 3.03. The van der Waals surface area contributed by atoms with Crippen LogP contribution in [0.25, 0.3) is 11.0 Å². The van der Waals surface area contributed by atoms with Crippen LogP contribution in [0.2, 0.25) is 0 Å². The van der Waals surface area contributed by atoms with Crippen molar-refractivity contribution in [2.24, 2.45) is 5.14 Å². The molecule has 0 fully saturated rings. The molecule has 3 aromatic rings. The highest BCUT2D eigenvalue weighted by Crippen LogP contribution is 2.27. The summed E-state index contributed by atoms with van der Waals surface area (Å²) in [6.45, 7) is 4.79. The molecule has 1 amide bonds. The molecule has 0 bridgehead atoms. The number of thioether (sulfide) groups is 1. The molecule has 0 unspecified atom stereocenters. The number of sulfonamides is 1. The van der Waals surface area contributed by atoms with Crippen LogP contribution >= 0.6 is 34.4 Å². The third-order valence-electron chi connectivity index (χ3n) is 4.54. The Labute approximate surface area is 194 Å². The molecular formula is C20H23IN4O3S2. The largest absolute Gasteiger partial charge is 0.325 e. The Hall–Kier alpha value is -1.63. The number of carbonyl (C=O) groups excluding carboxylic acids is 1. The van der Waals surface area contributed by atoms with Crippen LogP contribution in [0.3, 0.4) is 0 Å². The molecule has 2 aromatic carbocycles. The van der Waals surface area contributed by atoms with Crippen LogP contribution in [0.1, 0.15) is 25.3 Å². The van der Waals surface area contributed by atoms with Gasteiger partial charge in [0, 0.05) is 15.8 Å². The summed E-state index contributed by atoms with van der Waals surface area (Å²) in [4.78, 5) is 17.1. The van der Waals surface area contributed by atoms with E-state index in [4.69, 9.17) is 5.14 Å². The van der Waals surface area contributed by atoms with Gasteiger partial charge in [0.2, 0.25) is 15.9 Å². The Kier molecular flexibility index (Phi) is 7.43. The molecule has 0 aliphatic heterocycles. The number of nitrogens with zero attached hydrogens (tertiary/aromatic N) is 2. The number of fused-ring (bicyclic) bond motifs is 1. The van der Waals surface area contributed by atoms with Gasteiger partial charge < -0.3 is 9.88 Å². The fourth-order valence-electron chi connectivity index (χ4n) is 2.99. The van der Waals surface area contributed by atoms with Gasteiger partial charge >= 0.3 is 0 Å². The zero-order valence-electron chi connectivity index (χ0n) is 16.7. The second-order valence-corrected chi connectivity index (χ2v) is 10.6. The highest BCUT2D eigenvalue weighted by molar-refractivity contribution is 14.1. The van der Waals surface area contributed by atoms with Crippen molar-refractivity contribution < 1.29 is 13.2 Å². The van der Waals surface area contributed by atoms with E-state index in [0.29, 0.717) is 10.7 Å². The minimum absolute atomic E-state index is 0.0265. The van der Waals surface area contributed by atoms with E-state index in [1.54, 1.807) is 6.07 Å². The van der Waals surface area contributed by atoms with Gasteiger partial charge in [0.1, 0.15) is 0 Å². The summed E-state index contributed by atoms with van der Waals surface area (Å²) in [7, 11) is -3.80. The number of rotatable bonds is 8. The average molecular weight is 558 g/mol. The lowest BCUT2D eigenvalue weighted by Crippen LogP contribution is -2.15. The van der Waals surface area contributed by atoms with E-state index >= 15 is 0 Å². The van der Waals surface area contributed by atoms with Crippen molar-refractivity contribution in [2.75, 3.05) is 11.1 Å². The summed E-state index contributed by atoms with van der Waals surface area (Å²) in [5.74, 6) is 0.0757. The van der Waals surface area contributed by atoms with Gasteiger partial charge in [-0.05, 0) is 77.9 Å². The Balaban J connectivity index is 1.82. The number of benzene rings is 2. The van der Waals surface area contributed by atoms with Gasteiger partial charge in [0.25, 0.3) is 0 Å². The molecule has 1 heterocycles. The summed E-state index contributed by atoms with van der Waals surface area (Å²) in [6.07, 6.45) is 1.95. The Bertz CT molecular complexity index is 1190. The molecule has 1 aromatic heterocycles. The molecule has 7 nitrogen and oxygen atoms in total. The Morgan fingerprint density at radius 1 is 1.27 bits per heavy atom. The number of aryl methyl sites for hydroxylation is 2. The molecule has 30 heavy (non-hydrogen) atoms. The van der Waals surface area contributed by atoms with Crippen LogP contribution < -0.4 is 10.5 Å². The van der Waals surface area contributed by atoms with Gasteiger partial charge in [-0.3, -0.25) is 4.79 Å². The summed E-state index contributed by atoms with van der Waals surface area (Å²) in [5, 5.41) is 8.86. The van der Waals surface area contributed by atoms with Crippen molar-refractivity contribution in [3.05, 3.63) is 45.5 Å². The first kappa shape index (κ1) is 23.0. The van der Waals surface area contributed by atoms with Crippen LogP contribution in [0.4, 0.5) is 5.69 Å². The number of nitrogens with one attached hydrogen (secondary N) is 1. The zero-order valence-corrected chi connectivity index (χ0v) is 20.5. The zero-order chi connectivity index (χ0) is 21.9. The van der Waals surface area contributed by atoms with Gasteiger partial charge in [0.15, 0.2) is 5.16 Å². The van der Waals surface area contributed by atoms with Gasteiger partial charge in [-0.15, -0.1) is 0 Å². The molecule has 0 radical (unpaired) electrons. The third kappa shape index (κ3) is 5.54. The fraction of sp³-hybridized carbons (Fsp3) is 0.300. The normalized spacial score (nSPS) is 11.7. The van der Waals surface area contributed by atoms with Gasteiger partial charge in [-0.2, -0.15) is 0 Å². The molecule has 3 rings (SSSR count). The number of hydrogen-bond acceptors (Lipinski definition) is 5. The van der Waals surface area contributed by atoms with Gasteiger partial charge in [0.05, 0.1) is 21.7 Å². The standard InChI is InChI=1S/C20H23IN4O3S2/c1-3-4-9-25-18-8-6-15(30(22,27)28)11-17(18)24-20(25)29-12-19(26)23-16-7-5-14(21)10-13(16)2/h5-8,10-11H,3-4,9,12H2,1-2H3,(H,23,26)(H2,22,27,28). The molecule has 0 aliphatic rings. The van der Waals surface area contributed by atoms with Crippen LogP contribution in [0.5, 0.6) is 0 Å². The summed E-state index contributed by atoms with van der Waals surface area (Å²) >= 11 is 3.57. The van der Waals surface area contributed by atoms with E-state index in [0.717, 1.165) is 39.7 Å². The molecule has 0 saturated carbocycles. The molecule has 0 spiro atoms. The van der Waals surface area contributed by atoms with E-state index in [1.165, 1.54) is 23.9 Å². The highest BCUT2D eigenvalue weighted by atomic mass is 127. The highest BCUT2D eigenvalue weighted by Gasteiger charge is 2.16. The maximum Gasteiger partial charge on any atom is 0.238 e.